The summed E-state index contributed by atoms with van der Waals surface area (Å²) in [4.78, 5) is 1.33. The van der Waals surface area contributed by atoms with Gasteiger partial charge in [-0.2, -0.15) is 10.9 Å². The van der Waals surface area contributed by atoms with E-state index in [4.69, 9.17) is 11.6 Å². The maximum Gasteiger partial charge on any atom is 0.0462 e. The van der Waals surface area contributed by atoms with E-state index in [1.165, 1.54) is 4.90 Å². The van der Waals surface area contributed by atoms with Crippen LogP contribution in [0.1, 0.15) is 5.56 Å². The second-order valence-corrected chi connectivity index (χ2v) is 5.23. The molecular formula is C11H10ClS. The van der Waals surface area contributed by atoms with E-state index in [2.05, 4.69) is 29.9 Å². The highest BCUT2D eigenvalue weighted by molar-refractivity contribution is 8.22. The molecule has 0 aromatic heterocycles. The van der Waals surface area contributed by atoms with Crippen molar-refractivity contribution in [1.82, 2.24) is 0 Å². The molecule has 1 radical (unpaired) electrons. The van der Waals surface area contributed by atoms with Gasteiger partial charge in [-0.3, -0.25) is 0 Å². The maximum atomic E-state index is 5.87. The minimum Gasteiger partial charge on any atom is -0.185 e. The normalized spacial score (nSPS) is 23.2. The van der Waals surface area contributed by atoms with Crippen LogP contribution in [-0.4, -0.2) is 0 Å². The van der Waals surface area contributed by atoms with Gasteiger partial charge in [-0.15, -0.1) is 0 Å². The van der Waals surface area contributed by atoms with E-state index < -0.39 is 0 Å². The summed E-state index contributed by atoms with van der Waals surface area (Å²) in [7, 11) is -0.294. The van der Waals surface area contributed by atoms with E-state index in [1.54, 1.807) is 0 Å². The number of allylic oxidation sites excluding steroid dienone is 2. The minimum atomic E-state index is -0.294. The number of halogens is 1. The van der Waals surface area contributed by atoms with Crippen LogP contribution in [0.3, 0.4) is 0 Å². The largest absolute Gasteiger partial charge is 0.185 e. The molecule has 1 atom stereocenters. The van der Waals surface area contributed by atoms with Gasteiger partial charge in [0.25, 0.3) is 0 Å². The second-order valence-electron chi connectivity index (χ2n) is 2.90. The van der Waals surface area contributed by atoms with Crippen LogP contribution in [0.15, 0.2) is 51.1 Å². The van der Waals surface area contributed by atoms with Crippen molar-refractivity contribution in [3.05, 3.63) is 58.7 Å². The Balaban J connectivity index is 2.28. The number of rotatable bonds is 1. The predicted molar refractivity (Wildman–Crippen MR) is 61.2 cm³/mol. The Morgan fingerprint density at radius 1 is 1.15 bits per heavy atom. The third-order valence-electron chi connectivity index (χ3n) is 1.89. The number of benzene rings is 1. The molecule has 0 saturated carbocycles. The van der Waals surface area contributed by atoms with Gasteiger partial charge in [0.05, 0.1) is 0 Å². The van der Waals surface area contributed by atoms with Crippen LogP contribution in [0.4, 0.5) is 0 Å². The standard InChI is InChI=1S/C11H10ClS/c1-9-2-4-11(5-3-9)13-7-6-10(12)8-13/h2-8,13H,1H2. The topological polar surface area (TPSA) is 0 Å². The van der Waals surface area contributed by atoms with Gasteiger partial charge >= 0.3 is 0 Å². The summed E-state index contributed by atoms with van der Waals surface area (Å²) in [5.41, 5.74) is 1.05. The Kier molecular flexibility index (Phi) is 2.47. The molecule has 0 saturated heterocycles. The van der Waals surface area contributed by atoms with E-state index in [-0.39, 0.29) is 10.9 Å². The maximum absolute atomic E-state index is 5.87. The zero-order valence-electron chi connectivity index (χ0n) is 7.07. The first-order valence-corrected chi connectivity index (χ1v) is 5.87. The fourth-order valence-electron chi connectivity index (χ4n) is 1.20. The van der Waals surface area contributed by atoms with E-state index in [0.717, 1.165) is 10.6 Å². The summed E-state index contributed by atoms with van der Waals surface area (Å²) < 4.78 is 0. The monoisotopic (exact) mass is 209 g/mol. The van der Waals surface area contributed by atoms with Gasteiger partial charge in [0.2, 0.25) is 0 Å². The van der Waals surface area contributed by atoms with Crippen LogP contribution in [0.25, 0.3) is 0 Å². The van der Waals surface area contributed by atoms with Gasteiger partial charge in [-0.25, -0.2) is 0 Å². The number of hydrogen-bond donors (Lipinski definition) is 1. The van der Waals surface area contributed by atoms with Crippen molar-refractivity contribution in [3.63, 3.8) is 0 Å². The van der Waals surface area contributed by atoms with Crippen LogP contribution in [-0.2, 0) is 0 Å². The Hall–Kier alpha value is -0.660. The first-order chi connectivity index (χ1) is 6.25. The first-order valence-electron chi connectivity index (χ1n) is 4.01. The molecule has 1 aliphatic heterocycles. The zero-order chi connectivity index (χ0) is 9.26. The summed E-state index contributed by atoms with van der Waals surface area (Å²) in [5.74, 6) is 0. The highest BCUT2D eigenvalue weighted by Crippen LogP contribution is 2.44. The molecule has 2 heteroatoms. The Bertz CT molecular complexity index is 362. The molecule has 1 aromatic carbocycles. The van der Waals surface area contributed by atoms with Crippen LogP contribution in [0, 0.1) is 6.92 Å². The zero-order valence-corrected chi connectivity index (χ0v) is 8.72. The van der Waals surface area contributed by atoms with Crippen LogP contribution >= 0.6 is 22.5 Å². The first kappa shape index (κ1) is 8.92. The molecule has 0 fully saturated rings. The molecule has 0 aliphatic carbocycles. The van der Waals surface area contributed by atoms with Crippen molar-refractivity contribution in [2.45, 2.75) is 4.90 Å². The Morgan fingerprint density at radius 3 is 2.38 bits per heavy atom. The lowest BCUT2D eigenvalue weighted by atomic mass is 10.2. The van der Waals surface area contributed by atoms with Gasteiger partial charge < -0.3 is 0 Å². The highest BCUT2D eigenvalue weighted by atomic mass is 35.5. The average molecular weight is 210 g/mol. The summed E-state index contributed by atoms with van der Waals surface area (Å²) in [6.07, 6.45) is 1.96. The molecule has 1 aromatic rings. The van der Waals surface area contributed by atoms with Crippen molar-refractivity contribution >= 4 is 22.5 Å². The molecule has 0 nitrogen and oxygen atoms in total. The Labute approximate surface area is 86.3 Å². The van der Waals surface area contributed by atoms with Gasteiger partial charge in [-0.1, -0.05) is 23.7 Å². The molecule has 0 spiro atoms. The van der Waals surface area contributed by atoms with E-state index in [1.807, 2.05) is 18.2 Å². The Morgan fingerprint density at radius 2 is 1.85 bits per heavy atom. The highest BCUT2D eigenvalue weighted by Gasteiger charge is 2.05. The summed E-state index contributed by atoms with van der Waals surface area (Å²) in [6, 6.07) is 8.30. The molecule has 1 unspecified atom stereocenters. The molecular weight excluding hydrogens is 200 g/mol. The van der Waals surface area contributed by atoms with E-state index >= 15 is 0 Å². The quantitative estimate of drug-likeness (QED) is 0.668. The van der Waals surface area contributed by atoms with Gasteiger partial charge in [0.1, 0.15) is 0 Å². The number of hydrogen-bond acceptors (Lipinski definition) is 0. The molecule has 1 heterocycles. The molecule has 0 bridgehead atoms. The lowest BCUT2D eigenvalue weighted by molar-refractivity contribution is 1.43. The summed E-state index contributed by atoms with van der Waals surface area (Å²) in [6.45, 7) is 3.85. The summed E-state index contributed by atoms with van der Waals surface area (Å²) >= 11 is 5.87. The van der Waals surface area contributed by atoms with Crippen molar-refractivity contribution in [2.24, 2.45) is 0 Å². The van der Waals surface area contributed by atoms with E-state index in [9.17, 15) is 0 Å². The second kappa shape index (κ2) is 3.60. The van der Waals surface area contributed by atoms with Crippen LogP contribution in [0.2, 0.25) is 0 Å². The van der Waals surface area contributed by atoms with Crippen molar-refractivity contribution in [3.8, 4) is 0 Å². The van der Waals surface area contributed by atoms with Crippen LogP contribution < -0.4 is 0 Å². The fraction of sp³-hybridized carbons (Fsp3) is 0. The fourth-order valence-corrected chi connectivity index (χ4v) is 3.24. The minimum absolute atomic E-state index is 0.294. The lowest BCUT2D eigenvalue weighted by Crippen LogP contribution is -1.75. The predicted octanol–water partition coefficient (Wildman–Crippen LogP) is 3.84. The molecule has 0 amide bonds. The third kappa shape index (κ3) is 1.98. The average Bonchev–Trinajstić information content (AvgIpc) is 2.53. The van der Waals surface area contributed by atoms with Gasteiger partial charge in [0.15, 0.2) is 0 Å². The van der Waals surface area contributed by atoms with Crippen molar-refractivity contribution in [1.29, 1.82) is 0 Å². The smallest absolute Gasteiger partial charge is 0.0462 e. The molecule has 13 heavy (non-hydrogen) atoms. The van der Waals surface area contributed by atoms with Crippen LogP contribution in [0.5, 0.6) is 0 Å². The van der Waals surface area contributed by atoms with Crippen molar-refractivity contribution < 1.29 is 0 Å². The van der Waals surface area contributed by atoms with Gasteiger partial charge in [-0.05, 0) is 46.4 Å². The SMILES string of the molecule is [CH2]c1ccc([SH]2C=CC(Cl)=C2)cc1. The molecule has 67 valence electrons. The molecule has 1 aliphatic rings. The molecule has 0 N–H and O–H groups in total. The third-order valence-corrected chi connectivity index (χ3v) is 4.20. The number of thiol groups is 1. The lowest BCUT2D eigenvalue weighted by Gasteiger charge is -2.09. The van der Waals surface area contributed by atoms with E-state index in [0.29, 0.717) is 0 Å². The van der Waals surface area contributed by atoms with Crippen molar-refractivity contribution in [2.75, 3.05) is 0 Å². The summed E-state index contributed by atoms with van der Waals surface area (Å²) in [5, 5.41) is 5.12. The van der Waals surface area contributed by atoms with Gasteiger partial charge in [0, 0.05) is 5.03 Å². The molecule has 2 rings (SSSR count).